The van der Waals surface area contributed by atoms with E-state index in [4.69, 9.17) is 5.73 Å². The Labute approximate surface area is 153 Å². The molecule has 0 radical (unpaired) electrons. The topological polar surface area (TPSA) is 116 Å². The molecule has 26 heavy (non-hydrogen) atoms. The molecular formula is C17H16N6O2S. The molecule has 9 heteroatoms. The van der Waals surface area contributed by atoms with Gasteiger partial charge in [0.2, 0.25) is 11.8 Å². The smallest absolute Gasteiger partial charge is 0.248 e. The summed E-state index contributed by atoms with van der Waals surface area (Å²) in [5.41, 5.74) is 7.05. The third-order valence-electron chi connectivity index (χ3n) is 3.45. The Kier molecular flexibility index (Phi) is 5.59. The Balaban J connectivity index is 1.52. The second kappa shape index (κ2) is 8.26. The highest BCUT2D eigenvalue weighted by Crippen LogP contribution is 2.14. The van der Waals surface area contributed by atoms with Crippen LogP contribution in [-0.4, -0.2) is 37.8 Å². The fraction of sp³-hybridized carbons (Fsp3) is 0.118. The van der Waals surface area contributed by atoms with Gasteiger partial charge >= 0.3 is 0 Å². The van der Waals surface area contributed by atoms with Crippen LogP contribution in [0.3, 0.4) is 0 Å². The Morgan fingerprint density at radius 2 is 1.81 bits per heavy atom. The van der Waals surface area contributed by atoms with Crippen molar-refractivity contribution in [3.8, 4) is 5.69 Å². The van der Waals surface area contributed by atoms with Crippen molar-refractivity contribution in [1.29, 1.82) is 0 Å². The summed E-state index contributed by atoms with van der Waals surface area (Å²) in [6.45, 7) is 0. The standard InChI is InChI=1S/C17H16N6O2S/c18-17(25)12-6-8-13(9-7-12)19-16(24)11-26-10-15-20-21-22-23(15)14-4-2-1-3-5-14/h1-9H,10-11H2,(H2,18,25)(H,19,24). The van der Waals surface area contributed by atoms with E-state index in [-0.39, 0.29) is 11.7 Å². The average Bonchev–Trinajstić information content (AvgIpc) is 3.11. The molecule has 132 valence electrons. The van der Waals surface area contributed by atoms with E-state index in [9.17, 15) is 9.59 Å². The van der Waals surface area contributed by atoms with Crippen LogP contribution in [0.1, 0.15) is 16.2 Å². The van der Waals surface area contributed by atoms with E-state index in [0.29, 0.717) is 22.8 Å². The zero-order valence-corrected chi connectivity index (χ0v) is 14.5. The molecule has 0 atom stereocenters. The van der Waals surface area contributed by atoms with Gasteiger partial charge < -0.3 is 11.1 Å². The molecule has 3 N–H and O–H groups in total. The van der Waals surface area contributed by atoms with Crippen LogP contribution < -0.4 is 11.1 Å². The number of amides is 2. The molecule has 0 aliphatic rings. The molecule has 0 aliphatic carbocycles. The molecule has 2 aromatic carbocycles. The number of benzene rings is 2. The summed E-state index contributed by atoms with van der Waals surface area (Å²) in [6, 6.07) is 16.0. The van der Waals surface area contributed by atoms with Gasteiger partial charge in [-0.3, -0.25) is 9.59 Å². The van der Waals surface area contributed by atoms with Crippen LogP contribution in [0.5, 0.6) is 0 Å². The summed E-state index contributed by atoms with van der Waals surface area (Å²) < 4.78 is 1.65. The molecule has 8 nitrogen and oxygen atoms in total. The first-order chi connectivity index (χ1) is 12.6. The summed E-state index contributed by atoms with van der Waals surface area (Å²) in [4.78, 5) is 23.1. The number of para-hydroxylation sites is 1. The van der Waals surface area contributed by atoms with Crippen LogP contribution in [-0.2, 0) is 10.5 Å². The normalized spacial score (nSPS) is 10.5. The Hall–Kier alpha value is -3.20. The highest BCUT2D eigenvalue weighted by atomic mass is 32.2. The lowest BCUT2D eigenvalue weighted by Crippen LogP contribution is -2.15. The van der Waals surface area contributed by atoms with Crippen LogP contribution in [0.4, 0.5) is 5.69 Å². The number of nitrogens with one attached hydrogen (secondary N) is 1. The fourth-order valence-corrected chi connectivity index (χ4v) is 2.94. The number of nitrogens with zero attached hydrogens (tertiary/aromatic N) is 4. The molecule has 1 heterocycles. The first-order valence-electron chi connectivity index (χ1n) is 7.73. The zero-order valence-electron chi connectivity index (χ0n) is 13.7. The SMILES string of the molecule is NC(=O)c1ccc(NC(=O)CSCc2nnnn2-c2ccccc2)cc1. The van der Waals surface area contributed by atoms with Crippen molar-refractivity contribution in [2.24, 2.45) is 5.73 Å². The quantitative estimate of drug-likeness (QED) is 0.655. The van der Waals surface area contributed by atoms with E-state index >= 15 is 0 Å². The lowest BCUT2D eigenvalue weighted by atomic mass is 10.2. The lowest BCUT2D eigenvalue weighted by molar-refractivity contribution is -0.113. The van der Waals surface area contributed by atoms with E-state index in [0.717, 1.165) is 5.69 Å². The first-order valence-corrected chi connectivity index (χ1v) is 8.89. The maximum atomic E-state index is 12.0. The summed E-state index contributed by atoms with van der Waals surface area (Å²) in [6.07, 6.45) is 0. The Morgan fingerprint density at radius 3 is 2.50 bits per heavy atom. The molecule has 0 fully saturated rings. The minimum Gasteiger partial charge on any atom is -0.366 e. The predicted octanol–water partition coefficient (Wildman–Crippen LogP) is 1.63. The maximum Gasteiger partial charge on any atom is 0.248 e. The van der Waals surface area contributed by atoms with Gasteiger partial charge in [0.1, 0.15) is 0 Å². The van der Waals surface area contributed by atoms with Crippen molar-refractivity contribution in [2.75, 3.05) is 11.1 Å². The summed E-state index contributed by atoms with van der Waals surface area (Å²) >= 11 is 1.41. The van der Waals surface area contributed by atoms with Crippen LogP contribution in [0.2, 0.25) is 0 Å². The highest BCUT2D eigenvalue weighted by molar-refractivity contribution is 7.99. The molecule has 3 aromatic rings. The van der Waals surface area contributed by atoms with E-state index in [1.165, 1.54) is 11.8 Å². The second-order valence-corrected chi connectivity index (χ2v) is 6.31. The number of primary amides is 1. The second-order valence-electron chi connectivity index (χ2n) is 5.33. The molecule has 3 rings (SSSR count). The zero-order chi connectivity index (χ0) is 18.4. The van der Waals surface area contributed by atoms with E-state index < -0.39 is 5.91 Å². The summed E-state index contributed by atoms with van der Waals surface area (Å²) in [5.74, 6) is 0.754. The van der Waals surface area contributed by atoms with Gasteiger partial charge in [0, 0.05) is 11.3 Å². The number of carbonyl (C=O) groups is 2. The Bertz CT molecular complexity index is 895. The molecule has 0 unspecified atom stereocenters. The number of anilines is 1. The largest absolute Gasteiger partial charge is 0.366 e. The molecule has 2 amide bonds. The van der Waals surface area contributed by atoms with Gasteiger partial charge in [-0.1, -0.05) is 18.2 Å². The number of rotatable bonds is 7. The van der Waals surface area contributed by atoms with Gasteiger partial charge in [-0.25, -0.2) is 0 Å². The van der Waals surface area contributed by atoms with Gasteiger partial charge in [0.05, 0.1) is 17.2 Å². The number of nitrogens with two attached hydrogens (primary N) is 1. The van der Waals surface area contributed by atoms with Crippen molar-refractivity contribution >= 4 is 29.3 Å². The van der Waals surface area contributed by atoms with E-state index in [1.54, 1.807) is 28.9 Å². The van der Waals surface area contributed by atoms with Gasteiger partial charge in [0.25, 0.3) is 0 Å². The van der Waals surface area contributed by atoms with Gasteiger partial charge in [0.15, 0.2) is 5.82 Å². The molecule has 0 saturated carbocycles. The number of aromatic nitrogens is 4. The third-order valence-corrected chi connectivity index (χ3v) is 4.38. The third kappa shape index (κ3) is 4.45. The predicted molar refractivity (Wildman–Crippen MR) is 98.9 cm³/mol. The van der Waals surface area contributed by atoms with Crippen molar-refractivity contribution in [3.05, 3.63) is 66.0 Å². The van der Waals surface area contributed by atoms with Gasteiger partial charge in [-0.2, -0.15) is 4.68 Å². The Morgan fingerprint density at radius 1 is 1.08 bits per heavy atom. The van der Waals surface area contributed by atoms with Crippen LogP contribution >= 0.6 is 11.8 Å². The maximum absolute atomic E-state index is 12.0. The van der Waals surface area contributed by atoms with Crippen LogP contribution in [0.15, 0.2) is 54.6 Å². The number of thioether (sulfide) groups is 1. The summed E-state index contributed by atoms with van der Waals surface area (Å²) in [7, 11) is 0. The molecule has 0 aliphatic heterocycles. The van der Waals surface area contributed by atoms with Crippen molar-refractivity contribution in [3.63, 3.8) is 0 Å². The van der Waals surface area contributed by atoms with Crippen LogP contribution in [0, 0.1) is 0 Å². The number of tetrazole rings is 1. The number of carbonyl (C=O) groups excluding carboxylic acids is 2. The molecule has 0 saturated heterocycles. The van der Waals surface area contributed by atoms with Gasteiger partial charge in [-0.15, -0.1) is 16.9 Å². The number of hydrogen-bond donors (Lipinski definition) is 2. The van der Waals surface area contributed by atoms with Gasteiger partial charge in [-0.05, 0) is 46.8 Å². The monoisotopic (exact) mass is 368 g/mol. The number of hydrogen-bond acceptors (Lipinski definition) is 6. The molecule has 0 spiro atoms. The lowest BCUT2D eigenvalue weighted by Gasteiger charge is -2.06. The van der Waals surface area contributed by atoms with Crippen molar-refractivity contribution in [2.45, 2.75) is 5.75 Å². The fourth-order valence-electron chi connectivity index (χ4n) is 2.22. The first kappa shape index (κ1) is 17.6. The average molecular weight is 368 g/mol. The minimum absolute atomic E-state index is 0.152. The van der Waals surface area contributed by atoms with E-state index in [1.807, 2.05) is 30.3 Å². The molecular weight excluding hydrogens is 352 g/mol. The van der Waals surface area contributed by atoms with Crippen LogP contribution in [0.25, 0.3) is 5.69 Å². The highest BCUT2D eigenvalue weighted by Gasteiger charge is 2.10. The molecule has 1 aromatic heterocycles. The molecule has 0 bridgehead atoms. The minimum atomic E-state index is -0.505. The summed E-state index contributed by atoms with van der Waals surface area (Å²) in [5, 5.41) is 14.4. The van der Waals surface area contributed by atoms with Crippen molar-refractivity contribution in [1.82, 2.24) is 20.2 Å². The van der Waals surface area contributed by atoms with E-state index in [2.05, 4.69) is 20.8 Å². The van der Waals surface area contributed by atoms with Crippen molar-refractivity contribution < 1.29 is 9.59 Å².